The van der Waals surface area contributed by atoms with E-state index in [2.05, 4.69) is 0 Å². The molecule has 0 aromatic heterocycles. The number of nitro groups is 2. The quantitative estimate of drug-likeness (QED) is 0.615. The first-order valence-corrected chi connectivity index (χ1v) is 7.99. The van der Waals surface area contributed by atoms with E-state index in [9.17, 15) is 25.0 Å². The molecule has 3 rings (SSSR count). The van der Waals surface area contributed by atoms with Crippen LogP contribution < -0.4 is 4.90 Å². The summed E-state index contributed by atoms with van der Waals surface area (Å²) in [6.45, 7) is 1.66. The molecule has 0 saturated carbocycles. The van der Waals surface area contributed by atoms with Gasteiger partial charge in [-0.3, -0.25) is 25.0 Å². The molecule has 26 heavy (non-hydrogen) atoms. The molecule has 9 heteroatoms. The summed E-state index contributed by atoms with van der Waals surface area (Å²) in [7, 11) is 0. The van der Waals surface area contributed by atoms with Crippen LogP contribution >= 0.6 is 0 Å². The third kappa shape index (κ3) is 3.46. The molecule has 1 fully saturated rings. The van der Waals surface area contributed by atoms with Gasteiger partial charge in [-0.25, -0.2) is 0 Å². The fraction of sp³-hybridized carbons (Fsp3) is 0.235. The van der Waals surface area contributed by atoms with Gasteiger partial charge in [-0.15, -0.1) is 0 Å². The largest absolute Gasteiger partial charge is 0.362 e. The van der Waals surface area contributed by atoms with Crippen LogP contribution in [0.1, 0.15) is 10.4 Å². The second kappa shape index (κ2) is 7.18. The Bertz CT molecular complexity index is 847. The summed E-state index contributed by atoms with van der Waals surface area (Å²) >= 11 is 0. The van der Waals surface area contributed by atoms with Gasteiger partial charge in [-0.2, -0.15) is 0 Å². The van der Waals surface area contributed by atoms with Gasteiger partial charge in [0, 0.05) is 37.8 Å². The van der Waals surface area contributed by atoms with Crippen molar-refractivity contribution in [1.82, 2.24) is 4.90 Å². The van der Waals surface area contributed by atoms with Crippen molar-refractivity contribution < 1.29 is 14.6 Å². The van der Waals surface area contributed by atoms with Crippen LogP contribution in [0.3, 0.4) is 0 Å². The Morgan fingerprint density at radius 2 is 1.54 bits per heavy atom. The predicted molar refractivity (Wildman–Crippen MR) is 94.3 cm³/mol. The third-order valence-corrected chi connectivity index (χ3v) is 4.29. The van der Waals surface area contributed by atoms with Gasteiger partial charge in [0.2, 0.25) is 0 Å². The molecule has 0 aliphatic carbocycles. The van der Waals surface area contributed by atoms with Crippen LogP contribution in [0.15, 0.2) is 48.5 Å². The summed E-state index contributed by atoms with van der Waals surface area (Å²) < 4.78 is 0. The summed E-state index contributed by atoms with van der Waals surface area (Å²) in [5, 5.41) is 22.1. The fourth-order valence-corrected chi connectivity index (χ4v) is 2.95. The summed E-state index contributed by atoms with van der Waals surface area (Å²) in [5.74, 6) is -0.0801. The Morgan fingerprint density at radius 1 is 0.885 bits per heavy atom. The number of non-ortho nitro benzene ring substituents is 1. The molecule has 9 nitrogen and oxygen atoms in total. The van der Waals surface area contributed by atoms with Gasteiger partial charge in [0.1, 0.15) is 5.69 Å². The topological polar surface area (TPSA) is 110 Å². The lowest BCUT2D eigenvalue weighted by atomic mass is 10.1. The maximum absolute atomic E-state index is 12.5. The van der Waals surface area contributed by atoms with Crippen LogP contribution in [0.2, 0.25) is 0 Å². The molecule has 134 valence electrons. The minimum atomic E-state index is -0.659. The van der Waals surface area contributed by atoms with E-state index in [-0.39, 0.29) is 17.3 Å². The number of anilines is 1. The average Bonchev–Trinajstić information content (AvgIpc) is 2.67. The molecule has 0 spiro atoms. The number of nitrogens with zero attached hydrogens (tertiary/aromatic N) is 4. The van der Waals surface area contributed by atoms with Crippen LogP contribution in [0.4, 0.5) is 17.1 Å². The lowest BCUT2D eigenvalue weighted by Gasteiger charge is -2.35. The van der Waals surface area contributed by atoms with E-state index in [4.69, 9.17) is 0 Å². The number of hydrogen-bond donors (Lipinski definition) is 0. The molecule has 0 unspecified atom stereocenters. The van der Waals surface area contributed by atoms with Gasteiger partial charge in [-0.05, 0) is 18.2 Å². The van der Waals surface area contributed by atoms with Gasteiger partial charge in [-0.1, -0.05) is 18.2 Å². The number of rotatable bonds is 4. The summed E-state index contributed by atoms with van der Waals surface area (Å²) in [4.78, 5) is 36.8. The smallest absolute Gasteiger partial charge is 0.299 e. The number of hydrogen-bond acceptors (Lipinski definition) is 6. The molecule has 2 aromatic carbocycles. The Labute approximate surface area is 148 Å². The van der Waals surface area contributed by atoms with E-state index in [0.29, 0.717) is 37.4 Å². The first-order valence-electron chi connectivity index (χ1n) is 7.99. The zero-order chi connectivity index (χ0) is 18.7. The van der Waals surface area contributed by atoms with Crippen molar-refractivity contribution in [1.29, 1.82) is 0 Å². The zero-order valence-electron chi connectivity index (χ0n) is 13.8. The standard InChI is InChI=1S/C17H16N4O5/c22-17(13-4-2-1-3-5-13)19-10-8-18(9-11-19)15-7-6-14(20(23)24)12-16(15)21(25)26/h1-7,12H,8-11H2. The van der Waals surface area contributed by atoms with Crippen molar-refractivity contribution in [2.24, 2.45) is 0 Å². The van der Waals surface area contributed by atoms with Crippen molar-refractivity contribution in [2.75, 3.05) is 31.1 Å². The number of piperazine rings is 1. The van der Waals surface area contributed by atoms with Crippen molar-refractivity contribution >= 4 is 23.0 Å². The number of amides is 1. The second-order valence-electron chi connectivity index (χ2n) is 5.83. The van der Waals surface area contributed by atoms with E-state index in [1.807, 2.05) is 6.07 Å². The molecule has 2 aromatic rings. The first-order chi connectivity index (χ1) is 12.5. The molecular formula is C17H16N4O5. The number of nitro benzene ring substituents is 2. The highest BCUT2D eigenvalue weighted by Gasteiger charge is 2.27. The normalized spacial score (nSPS) is 14.2. The minimum absolute atomic E-state index is 0.0801. The first kappa shape index (κ1) is 17.3. The van der Waals surface area contributed by atoms with Gasteiger partial charge in [0.05, 0.1) is 15.9 Å². The fourth-order valence-electron chi connectivity index (χ4n) is 2.95. The van der Waals surface area contributed by atoms with Crippen LogP contribution in [0, 0.1) is 20.2 Å². The molecule has 1 aliphatic heterocycles. The number of carbonyl (C=O) groups is 1. The Balaban J connectivity index is 1.75. The summed E-state index contributed by atoms with van der Waals surface area (Å²) in [6, 6.07) is 12.5. The predicted octanol–water partition coefficient (Wildman–Crippen LogP) is 2.47. The molecule has 1 amide bonds. The highest BCUT2D eigenvalue weighted by molar-refractivity contribution is 5.94. The van der Waals surface area contributed by atoms with Crippen LogP contribution in [-0.4, -0.2) is 46.8 Å². The van der Waals surface area contributed by atoms with Gasteiger partial charge < -0.3 is 9.80 Å². The molecular weight excluding hydrogens is 340 g/mol. The molecule has 1 heterocycles. The second-order valence-corrected chi connectivity index (χ2v) is 5.83. The lowest BCUT2D eigenvalue weighted by Crippen LogP contribution is -2.48. The van der Waals surface area contributed by atoms with E-state index < -0.39 is 9.85 Å². The minimum Gasteiger partial charge on any atom is -0.362 e. The van der Waals surface area contributed by atoms with Gasteiger partial charge >= 0.3 is 0 Å². The molecule has 0 bridgehead atoms. The van der Waals surface area contributed by atoms with Crippen LogP contribution in [0.5, 0.6) is 0 Å². The number of carbonyl (C=O) groups excluding carboxylic acids is 1. The Hall–Kier alpha value is -3.49. The maximum Gasteiger partial charge on any atom is 0.299 e. The van der Waals surface area contributed by atoms with E-state index >= 15 is 0 Å². The molecule has 1 aliphatic rings. The highest BCUT2D eigenvalue weighted by atomic mass is 16.6. The maximum atomic E-state index is 12.5. The summed E-state index contributed by atoms with van der Waals surface area (Å²) in [5.41, 5.74) is 0.301. The third-order valence-electron chi connectivity index (χ3n) is 4.29. The van der Waals surface area contributed by atoms with Crippen molar-refractivity contribution in [3.63, 3.8) is 0 Å². The van der Waals surface area contributed by atoms with Crippen molar-refractivity contribution in [2.45, 2.75) is 0 Å². The van der Waals surface area contributed by atoms with Crippen LogP contribution in [0.25, 0.3) is 0 Å². The summed E-state index contributed by atoms with van der Waals surface area (Å²) in [6.07, 6.45) is 0. The average molecular weight is 356 g/mol. The zero-order valence-corrected chi connectivity index (χ0v) is 13.8. The SMILES string of the molecule is O=C(c1ccccc1)N1CCN(c2ccc([N+](=O)[O-])cc2[N+](=O)[O-])CC1. The van der Waals surface area contributed by atoms with E-state index in [0.717, 1.165) is 6.07 Å². The van der Waals surface area contributed by atoms with Gasteiger partial charge in [0.15, 0.2) is 0 Å². The van der Waals surface area contributed by atoms with Gasteiger partial charge in [0.25, 0.3) is 17.3 Å². The van der Waals surface area contributed by atoms with E-state index in [1.165, 1.54) is 12.1 Å². The Morgan fingerprint density at radius 3 is 2.12 bits per heavy atom. The monoisotopic (exact) mass is 356 g/mol. The molecule has 0 radical (unpaired) electrons. The lowest BCUT2D eigenvalue weighted by molar-refractivity contribution is -0.393. The molecule has 0 atom stereocenters. The molecule has 0 N–H and O–H groups in total. The van der Waals surface area contributed by atoms with Crippen molar-refractivity contribution in [3.8, 4) is 0 Å². The molecule has 1 saturated heterocycles. The Kier molecular flexibility index (Phi) is 4.78. The number of benzene rings is 2. The highest BCUT2D eigenvalue weighted by Crippen LogP contribution is 2.32. The van der Waals surface area contributed by atoms with E-state index in [1.54, 1.807) is 34.1 Å². The van der Waals surface area contributed by atoms with Crippen LogP contribution in [-0.2, 0) is 0 Å². The van der Waals surface area contributed by atoms with Crippen molar-refractivity contribution in [3.05, 3.63) is 74.3 Å².